The standard InChI is InChI=1S/C15H26N2O/c1-4-17(10-6-9-15(3,16)12-18)14-8-5-7-13(2)11-14/h5,7-8,11,18H,4,6,9-10,12,16H2,1-3H3. The first kappa shape index (κ1) is 15.0. The van der Waals surface area contributed by atoms with Crippen LogP contribution in [0.5, 0.6) is 0 Å². The molecule has 0 aliphatic rings. The van der Waals surface area contributed by atoms with Gasteiger partial charge >= 0.3 is 0 Å². The fourth-order valence-electron chi connectivity index (χ4n) is 2.05. The van der Waals surface area contributed by atoms with Gasteiger partial charge in [-0.3, -0.25) is 0 Å². The van der Waals surface area contributed by atoms with Crippen molar-refractivity contribution in [3.63, 3.8) is 0 Å². The summed E-state index contributed by atoms with van der Waals surface area (Å²) in [7, 11) is 0. The molecule has 0 aliphatic heterocycles. The third-order valence-electron chi connectivity index (χ3n) is 3.29. The summed E-state index contributed by atoms with van der Waals surface area (Å²) in [6.07, 6.45) is 1.83. The smallest absolute Gasteiger partial charge is 0.0608 e. The van der Waals surface area contributed by atoms with Crippen molar-refractivity contribution in [2.45, 2.75) is 39.2 Å². The molecule has 102 valence electrons. The molecule has 0 aliphatic carbocycles. The Morgan fingerprint density at radius 1 is 1.39 bits per heavy atom. The zero-order valence-corrected chi connectivity index (χ0v) is 11.8. The monoisotopic (exact) mass is 250 g/mol. The Kier molecular flexibility index (Phi) is 5.63. The molecule has 18 heavy (non-hydrogen) atoms. The molecule has 1 atom stereocenters. The van der Waals surface area contributed by atoms with E-state index in [0.717, 1.165) is 25.9 Å². The van der Waals surface area contributed by atoms with E-state index in [1.54, 1.807) is 0 Å². The van der Waals surface area contributed by atoms with Crippen molar-refractivity contribution < 1.29 is 5.11 Å². The van der Waals surface area contributed by atoms with E-state index in [-0.39, 0.29) is 6.61 Å². The Hall–Kier alpha value is -1.06. The van der Waals surface area contributed by atoms with E-state index in [1.165, 1.54) is 11.3 Å². The number of aliphatic hydroxyl groups excluding tert-OH is 1. The molecule has 0 saturated heterocycles. The number of nitrogens with zero attached hydrogens (tertiary/aromatic N) is 1. The van der Waals surface area contributed by atoms with Gasteiger partial charge in [0.2, 0.25) is 0 Å². The summed E-state index contributed by atoms with van der Waals surface area (Å²) in [5.74, 6) is 0. The van der Waals surface area contributed by atoms with Gasteiger partial charge in [-0.2, -0.15) is 0 Å². The number of aryl methyl sites for hydroxylation is 1. The molecule has 3 N–H and O–H groups in total. The van der Waals surface area contributed by atoms with Gasteiger partial charge in [0.15, 0.2) is 0 Å². The number of anilines is 1. The van der Waals surface area contributed by atoms with E-state index in [0.29, 0.717) is 0 Å². The summed E-state index contributed by atoms with van der Waals surface area (Å²) in [4.78, 5) is 2.35. The van der Waals surface area contributed by atoms with E-state index in [2.05, 4.69) is 43.0 Å². The van der Waals surface area contributed by atoms with Crippen LogP contribution < -0.4 is 10.6 Å². The summed E-state index contributed by atoms with van der Waals surface area (Å²) < 4.78 is 0. The van der Waals surface area contributed by atoms with E-state index >= 15 is 0 Å². The number of hydrogen-bond donors (Lipinski definition) is 2. The lowest BCUT2D eigenvalue weighted by Crippen LogP contribution is -2.40. The number of hydrogen-bond acceptors (Lipinski definition) is 3. The zero-order chi connectivity index (χ0) is 13.6. The highest BCUT2D eigenvalue weighted by Crippen LogP contribution is 2.17. The minimum absolute atomic E-state index is 0.0452. The van der Waals surface area contributed by atoms with Crippen LogP contribution in [0.4, 0.5) is 5.69 Å². The molecular weight excluding hydrogens is 224 g/mol. The van der Waals surface area contributed by atoms with Gasteiger partial charge < -0.3 is 15.7 Å². The summed E-state index contributed by atoms with van der Waals surface area (Å²) >= 11 is 0. The van der Waals surface area contributed by atoms with Crippen LogP contribution in [0, 0.1) is 6.92 Å². The predicted molar refractivity (Wildman–Crippen MR) is 78.0 cm³/mol. The second-order valence-corrected chi connectivity index (χ2v) is 5.33. The SMILES string of the molecule is CCN(CCCC(C)(N)CO)c1cccc(C)c1. The Labute approximate surface area is 111 Å². The molecule has 0 spiro atoms. The zero-order valence-electron chi connectivity index (χ0n) is 11.8. The Bertz CT molecular complexity index is 363. The summed E-state index contributed by atoms with van der Waals surface area (Å²) in [6, 6.07) is 8.55. The van der Waals surface area contributed by atoms with Crippen LogP contribution in [-0.2, 0) is 0 Å². The highest BCUT2D eigenvalue weighted by molar-refractivity contribution is 5.48. The molecule has 0 aromatic heterocycles. The predicted octanol–water partition coefficient (Wildman–Crippen LogP) is 2.31. The first-order valence-corrected chi connectivity index (χ1v) is 6.70. The summed E-state index contributed by atoms with van der Waals surface area (Å²) in [5.41, 5.74) is 8.03. The fourth-order valence-corrected chi connectivity index (χ4v) is 2.05. The van der Waals surface area contributed by atoms with Crippen molar-refractivity contribution in [3.8, 4) is 0 Å². The lowest BCUT2D eigenvalue weighted by atomic mass is 9.98. The quantitative estimate of drug-likeness (QED) is 0.781. The Morgan fingerprint density at radius 2 is 2.11 bits per heavy atom. The normalized spacial score (nSPS) is 14.3. The lowest BCUT2D eigenvalue weighted by molar-refractivity contribution is 0.198. The highest BCUT2D eigenvalue weighted by Gasteiger charge is 2.16. The van der Waals surface area contributed by atoms with Gasteiger partial charge in [-0.1, -0.05) is 12.1 Å². The number of aliphatic hydroxyl groups is 1. The Morgan fingerprint density at radius 3 is 2.67 bits per heavy atom. The van der Waals surface area contributed by atoms with Gasteiger partial charge in [-0.25, -0.2) is 0 Å². The first-order chi connectivity index (χ1) is 8.48. The molecule has 0 fully saturated rings. The maximum Gasteiger partial charge on any atom is 0.0608 e. The maximum absolute atomic E-state index is 9.13. The van der Waals surface area contributed by atoms with Gasteiger partial charge in [-0.15, -0.1) is 0 Å². The second kappa shape index (κ2) is 6.76. The van der Waals surface area contributed by atoms with Crippen LogP contribution in [0.2, 0.25) is 0 Å². The van der Waals surface area contributed by atoms with E-state index in [1.807, 2.05) is 6.92 Å². The fraction of sp³-hybridized carbons (Fsp3) is 0.600. The first-order valence-electron chi connectivity index (χ1n) is 6.70. The lowest BCUT2D eigenvalue weighted by Gasteiger charge is -2.26. The van der Waals surface area contributed by atoms with Crippen molar-refractivity contribution in [2.24, 2.45) is 5.73 Å². The molecule has 0 bridgehead atoms. The molecule has 3 nitrogen and oxygen atoms in total. The average molecular weight is 250 g/mol. The molecule has 1 unspecified atom stereocenters. The third-order valence-corrected chi connectivity index (χ3v) is 3.29. The third kappa shape index (κ3) is 4.67. The van der Waals surface area contributed by atoms with Gasteiger partial charge in [0, 0.05) is 24.3 Å². The molecule has 1 aromatic carbocycles. The van der Waals surface area contributed by atoms with Gasteiger partial charge in [0.25, 0.3) is 0 Å². The number of rotatable bonds is 7. The van der Waals surface area contributed by atoms with Gasteiger partial charge in [0.05, 0.1) is 6.61 Å². The molecule has 0 amide bonds. The van der Waals surface area contributed by atoms with Crippen LogP contribution in [-0.4, -0.2) is 30.3 Å². The topological polar surface area (TPSA) is 49.5 Å². The largest absolute Gasteiger partial charge is 0.394 e. The van der Waals surface area contributed by atoms with Crippen molar-refractivity contribution in [1.82, 2.24) is 0 Å². The molecule has 0 heterocycles. The molecule has 0 saturated carbocycles. The summed E-state index contributed by atoms with van der Waals surface area (Å²) in [5, 5.41) is 9.13. The molecular formula is C15H26N2O. The molecule has 0 radical (unpaired) electrons. The second-order valence-electron chi connectivity index (χ2n) is 5.33. The molecule has 1 aromatic rings. The molecule has 3 heteroatoms. The number of nitrogens with two attached hydrogens (primary N) is 1. The highest BCUT2D eigenvalue weighted by atomic mass is 16.3. The van der Waals surface area contributed by atoms with E-state index < -0.39 is 5.54 Å². The van der Waals surface area contributed by atoms with Crippen molar-refractivity contribution >= 4 is 5.69 Å². The van der Waals surface area contributed by atoms with Crippen LogP contribution in [0.25, 0.3) is 0 Å². The van der Waals surface area contributed by atoms with E-state index in [4.69, 9.17) is 10.8 Å². The van der Waals surface area contributed by atoms with E-state index in [9.17, 15) is 0 Å². The van der Waals surface area contributed by atoms with Crippen molar-refractivity contribution in [2.75, 3.05) is 24.6 Å². The van der Waals surface area contributed by atoms with Crippen molar-refractivity contribution in [1.29, 1.82) is 0 Å². The number of benzene rings is 1. The van der Waals surface area contributed by atoms with Gasteiger partial charge in [-0.05, 0) is 51.3 Å². The van der Waals surface area contributed by atoms with Crippen LogP contribution >= 0.6 is 0 Å². The average Bonchev–Trinajstić information content (AvgIpc) is 2.34. The van der Waals surface area contributed by atoms with Crippen LogP contribution in [0.15, 0.2) is 24.3 Å². The van der Waals surface area contributed by atoms with Crippen molar-refractivity contribution in [3.05, 3.63) is 29.8 Å². The van der Waals surface area contributed by atoms with Crippen LogP contribution in [0.1, 0.15) is 32.3 Å². The van der Waals surface area contributed by atoms with Crippen LogP contribution in [0.3, 0.4) is 0 Å². The summed E-state index contributed by atoms with van der Waals surface area (Å²) in [6.45, 7) is 8.19. The minimum Gasteiger partial charge on any atom is -0.394 e. The minimum atomic E-state index is -0.452. The maximum atomic E-state index is 9.13. The Balaban J connectivity index is 2.53. The molecule has 1 rings (SSSR count). The van der Waals surface area contributed by atoms with Gasteiger partial charge in [0.1, 0.15) is 0 Å².